The van der Waals surface area contributed by atoms with Gasteiger partial charge in [-0.25, -0.2) is 0 Å². The summed E-state index contributed by atoms with van der Waals surface area (Å²) >= 11 is 0. The van der Waals surface area contributed by atoms with E-state index in [1.807, 2.05) is 59.5 Å². The maximum absolute atomic E-state index is 13.9. The van der Waals surface area contributed by atoms with Crippen LogP contribution in [0.15, 0.2) is 89.5 Å². The molecule has 0 N–H and O–H groups in total. The molecule has 1 amide bonds. The molecule has 184 valence electrons. The van der Waals surface area contributed by atoms with Crippen LogP contribution in [0.1, 0.15) is 58.1 Å². The number of carbonyl (C=O) groups excluding carboxylic acids is 1. The van der Waals surface area contributed by atoms with Crippen molar-refractivity contribution in [3.05, 3.63) is 101 Å². The lowest BCUT2D eigenvalue weighted by atomic mass is 9.85. The molecule has 2 aliphatic rings. The number of ether oxygens (including phenoxy) is 2. The number of rotatable bonds is 9. The fourth-order valence-corrected chi connectivity index (χ4v) is 4.95. The Labute approximate surface area is 209 Å². The van der Waals surface area contributed by atoms with Gasteiger partial charge in [0.1, 0.15) is 6.10 Å². The Kier molecular flexibility index (Phi) is 8.04. The summed E-state index contributed by atoms with van der Waals surface area (Å²) in [6.07, 6.45) is 8.85. The maximum atomic E-state index is 13.9. The number of benzene rings is 2. The normalized spacial score (nSPS) is 21.8. The molecule has 4 heteroatoms. The number of amides is 1. The van der Waals surface area contributed by atoms with Crippen molar-refractivity contribution >= 4 is 11.6 Å². The molecule has 2 aromatic rings. The molecule has 2 aliphatic heterocycles. The predicted octanol–water partition coefficient (Wildman–Crippen LogP) is 6.87. The molecular formula is C31H37NO3. The van der Waals surface area contributed by atoms with Crippen LogP contribution in [0.3, 0.4) is 0 Å². The van der Waals surface area contributed by atoms with E-state index in [9.17, 15) is 4.79 Å². The van der Waals surface area contributed by atoms with E-state index >= 15 is 0 Å². The number of nitrogens with zero attached hydrogens (tertiary/aromatic N) is 1. The topological polar surface area (TPSA) is 38.8 Å². The largest absolute Gasteiger partial charge is 0.374 e. The molecule has 0 unspecified atom stereocenters. The molecule has 1 spiro atoms. The van der Waals surface area contributed by atoms with Gasteiger partial charge in [0, 0.05) is 18.5 Å². The molecule has 0 bridgehead atoms. The number of anilines is 1. The predicted molar refractivity (Wildman–Crippen MR) is 142 cm³/mol. The van der Waals surface area contributed by atoms with Crippen LogP contribution in [0.4, 0.5) is 5.69 Å². The Bertz CT molecular complexity index is 1130. The monoisotopic (exact) mass is 471 g/mol. The number of hydrogen-bond acceptors (Lipinski definition) is 3. The minimum Gasteiger partial charge on any atom is -0.374 e. The number of fused-ring (bicyclic) bond motifs is 2. The second kappa shape index (κ2) is 11.2. The molecule has 0 saturated carbocycles. The Morgan fingerprint density at radius 1 is 1.09 bits per heavy atom. The standard InChI is InChI=1S/C31H37NO3/c1-23(2)11-10-12-24(3)17-18-32-29-16-9-8-15-28(29)31(30(32)33)20-25(4)19-27(35-31)22-34-21-26-13-6-5-7-14-26/h5-9,11,13-17,19,27H,10,12,18,20-22H2,1-4H3/b24-17+/t27-,31+/m0/s1. The summed E-state index contributed by atoms with van der Waals surface area (Å²) in [6.45, 7) is 9.96. The van der Waals surface area contributed by atoms with Gasteiger partial charge >= 0.3 is 0 Å². The van der Waals surface area contributed by atoms with E-state index in [-0.39, 0.29) is 12.0 Å². The molecule has 35 heavy (non-hydrogen) atoms. The van der Waals surface area contributed by atoms with Crippen LogP contribution in [-0.2, 0) is 26.5 Å². The first-order chi connectivity index (χ1) is 16.9. The van der Waals surface area contributed by atoms with Gasteiger partial charge in [-0.3, -0.25) is 4.79 Å². The molecule has 4 nitrogen and oxygen atoms in total. The van der Waals surface area contributed by atoms with Crippen LogP contribution in [0.25, 0.3) is 0 Å². The third kappa shape index (κ3) is 5.83. The second-order valence-corrected chi connectivity index (χ2v) is 9.98. The van der Waals surface area contributed by atoms with Gasteiger partial charge in [-0.15, -0.1) is 0 Å². The van der Waals surface area contributed by atoms with Gasteiger partial charge in [-0.05, 0) is 52.2 Å². The maximum Gasteiger partial charge on any atom is 0.264 e. The summed E-state index contributed by atoms with van der Waals surface area (Å²) in [4.78, 5) is 15.8. The highest BCUT2D eigenvalue weighted by Crippen LogP contribution is 2.48. The van der Waals surface area contributed by atoms with Gasteiger partial charge in [0.05, 0.1) is 18.9 Å². The molecule has 2 heterocycles. The van der Waals surface area contributed by atoms with Gasteiger partial charge in [0.2, 0.25) is 0 Å². The molecule has 2 atom stereocenters. The molecule has 4 rings (SSSR count). The second-order valence-electron chi connectivity index (χ2n) is 9.98. The van der Waals surface area contributed by atoms with Crippen LogP contribution in [0.5, 0.6) is 0 Å². The van der Waals surface area contributed by atoms with Crippen molar-refractivity contribution in [1.82, 2.24) is 0 Å². The number of hydrogen-bond donors (Lipinski definition) is 0. The summed E-state index contributed by atoms with van der Waals surface area (Å²) in [5.41, 5.74) is 5.83. The quantitative estimate of drug-likeness (QED) is 0.375. The first kappa shape index (κ1) is 25.2. The minimum atomic E-state index is -0.986. The molecule has 0 fully saturated rings. The highest BCUT2D eigenvalue weighted by molar-refractivity contribution is 6.07. The van der Waals surface area contributed by atoms with Gasteiger partial charge in [0.15, 0.2) is 5.60 Å². The lowest BCUT2D eigenvalue weighted by molar-refractivity contribution is -0.156. The Morgan fingerprint density at radius 2 is 1.83 bits per heavy atom. The Morgan fingerprint density at radius 3 is 2.60 bits per heavy atom. The van der Waals surface area contributed by atoms with Crippen LogP contribution in [-0.4, -0.2) is 25.2 Å². The lowest BCUT2D eigenvalue weighted by Crippen LogP contribution is -2.47. The van der Waals surface area contributed by atoms with E-state index < -0.39 is 5.60 Å². The fourth-order valence-electron chi connectivity index (χ4n) is 4.95. The highest BCUT2D eigenvalue weighted by atomic mass is 16.6. The highest BCUT2D eigenvalue weighted by Gasteiger charge is 2.54. The van der Waals surface area contributed by atoms with Crippen molar-refractivity contribution in [2.75, 3.05) is 18.1 Å². The fraction of sp³-hybridized carbons (Fsp3) is 0.387. The van der Waals surface area contributed by atoms with Crippen molar-refractivity contribution in [2.24, 2.45) is 0 Å². The smallest absolute Gasteiger partial charge is 0.264 e. The van der Waals surface area contributed by atoms with E-state index in [2.05, 4.69) is 45.9 Å². The summed E-state index contributed by atoms with van der Waals surface area (Å²) in [7, 11) is 0. The van der Waals surface area contributed by atoms with Gasteiger partial charge in [-0.1, -0.05) is 83.5 Å². The van der Waals surface area contributed by atoms with E-state index in [1.54, 1.807) is 0 Å². The lowest BCUT2D eigenvalue weighted by Gasteiger charge is -2.36. The minimum absolute atomic E-state index is 0.0209. The third-order valence-corrected chi connectivity index (χ3v) is 6.68. The van der Waals surface area contributed by atoms with Crippen molar-refractivity contribution in [2.45, 2.75) is 65.3 Å². The van der Waals surface area contributed by atoms with E-state index in [0.29, 0.717) is 26.2 Å². The van der Waals surface area contributed by atoms with Crippen molar-refractivity contribution in [3.8, 4) is 0 Å². The third-order valence-electron chi connectivity index (χ3n) is 6.68. The number of para-hydroxylation sites is 1. The average Bonchev–Trinajstić information content (AvgIpc) is 3.05. The van der Waals surface area contributed by atoms with Gasteiger partial charge in [-0.2, -0.15) is 0 Å². The first-order valence-corrected chi connectivity index (χ1v) is 12.6. The number of carbonyl (C=O) groups is 1. The van der Waals surface area contributed by atoms with Crippen molar-refractivity contribution in [1.29, 1.82) is 0 Å². The molecule has 0 radical (unpaired) electrons. The van der Waals surface area contributed by atoms with E-state index in [0.717, 1.165) is 35.2 Å². The van der Waals surface area contributed by atoms with E-state index in [1.165, 1.54) is 11.1 Å². The van der Waals surface area contributed by atoms with Gasteiger partial charge in [0.25, 0.3) is 5.91 Å². The summed E-state index contributed by atoms with van der Waals surface area (Å²) in [5.74, 6) is 0.0209. The first-order valence-electron chi connectivity index (χ1n) is 12.6. The zero-order valence-electron chi connectivity index (χ0n) is 21.4. The summed E-state index contributed by atoms with van der Waals surface area (Å²) in [6, 6.07) is 18.2. The molecular weight excluding hydrogens is 434 g/mol. The SMILES string of the molecule is CC(C)=CCC/C(C)=C/CN1C(=O)[C@@]2(CC(C)=C[C@@H](COCc3ccccc3)O2)c2ccccc21. The molecule has 0 saturated heterocycles. The van der Waals surface area contributed by atoms with E-state index in [4.69, 9.17) is 9.47 Å². The Hall–Kier alpha value is -2.95. The van der Waals surface area contributed by atoms with Crippen molar-refractivity contribution in [3.63, 3.8) is 0 Å². The average molecular weight is 472 g/mol. The van der Waals surface area contributed by atoms with Crippen LogP contribution in [0.2, 0.25) is 0 Å². The zero-order chi connectivity index (χ0) is 24.8. The zero-order valence-corrected chi connectivity index (χ0v) is 21.4. The summed E-state index contributed by atoms with van der Waals surface area (Å²) < 4.78 is 12.6. The van der Waals surface area contributed by atoms with Crippen LogP contribution >= 0.6 is 0 Å². The molecule has 0 aromatic heterocycles. The Balaban J connectivity index is 1.50. The summed E-state index contributed by atoms with van der Waals surface area (Å²) in [5, 5.41) is 0. The van der Waals surface area contributed by atoms with Gasteiger partial charge < -0.3 is 14.4 Å². The molecule has 0 aliphatic carbocycles. The van der Waals surface area contributed by atoms with Crippen LogP contribution < -0.4 is 4.90 Å². The van der Waals surface area contributed by atoms with Crippen LogP contribution in [0, 0.1) is 0 Å². The number of allylic oxidation sites excluding steroid dienone is 3. The molecule has 2 aromatic carbocycles. The van der Waals surface area contributed by atoms with Crippen molar-refractivity contribution < 1.29 is 14.3 Å².